The molecule has 0 saturated heterocycles. The van der Waals surface area contributed by atoms with Crippen LogP contribution in [-0.4, -0.2) is 32.2 Å². The molecule has 0 aliphatic carbocycles. The van der Waals surface area contributed by atoms with E-state index in [4.69, 9.17) is 15.2 Å². The number of halogens is 1. The van der Waals surface area contributed by atoms with Gasteiger partial charge >= 0.3 is 0 Å². The van der Waals surface area contributed by atoms with Crippen molar-refractivity contribution in [3.8, 4) is 11.5 Å². The van der Waals surface area contributed by atoms with E-state index in [1.54, 1.807) is 14.2 Å². The summed E-state index contributed by atoms with van der Waals surface area (Å²) >= 11 is 0. The molecule has 0 amide bonds. The molecule has 0 bridgehead atoms. The highest BCUT2D eigenvalue weighted by Crippen LogP contribution is 2.31. The Morgan fingerprint density at radius 3 is 2.26 bits per heavy atom. The quantitative estimate of drug-likeness (QED) is 0.804. The van der Waals surface area contributed by atoms with E-state index in [1.807, 2.05) is 18.2 Å². The second-order valence-electron chi connectivity index (χ2n) is 5.14. The van der Waals surface area contributed by atoms with E-state index in [2.05, 4.69) is 35.2 Å². The molecule has 0 aliphatic heterocycles. The summed E-state index contributed by atoms with van der Waals surface area (Å²) in [6.45, 7) is 3.08. The van der Waals surface area contributed by atoms with Crippen molar-refractivity contribution in [2.24, 2.45) is 5.73 Å². The van der Waals surface area contributed by atoms with E-state index < -0.39 is 0 Å². The topological polar surface area (TPSA) is 47.7 Å². The molecule has 2 N–H and O–H groups in total. The Morgan fingerprint density at radius 1 is 0.913 bits per heavy atom. The number of ether oxygens (including phenoxy) is 2. The molecule has 0 aliphatic rings. The number of hydrogen-bond acceptors (Lipinski definition) is 4. The largest absolute Gasteiger partial charge is 0.493 e. The number of para-hydroxylation sites is 1. The van der Waals surface area contributed by atoms with Crippen LogP contribution in [-0.2, 0) is 13.1 Å². The van der Waals surface area contributed by atoms with Crippen LogP contribution >= 0.6 is 12.4 Å². The number of benzene rings is 2. The van der Waals surface area contributed by atoms with Gasteiger partial charge in [0.2, 0.25) is 0 Å². The number of methoxy groups -OCH3 is 2. The molecule has 0 heterocycles. The standard InChI is InChI=1S/C18H24N2O2.ClH/c1-21-17-10-6-9-16(18(17)22-2)14-20(12-11-19)13-15-7-4-3-5-8-15;/h3-10H,11-14,19H2,1-2H3;1H. The van der Waals surface area contributed by atoms with Gasteiger partial charge in [-0.15, -0.1) is 12.4 Å². The third-order valence-electron chi connectivity index (χ3n) is 3.57. The Morgan fingerprint density at radius 2 is 1.65 bits per heavy atom. The summed E-state index contributed by atoms with van der Waals surface area (Å²) in [4.78, 5) is 2.31. The van der Waals surface area contributed by atoms with Gasteiger partial charge in [0, 0.05) is 31.7 Å². The first-order valence-electron chi connectivity index (χ1n) is 7.44. The lowest BCUT2D eigenvalue weighted by Crippen LogP contribution is -2.28. The van der Waals surface area contributed by atoms with Crippen molar-refractivity contribution in [1.82, 2.24) is 4.90 Å². The monoisotopic (exact) mass is 336 g/mol. The lowest BCUT2D eigenvalue weighted by atomic mass is 10.1. The van der Waals surface area contributed by atoms with E-state index >= 15 is 0 Å². The molecular weight excluding hydrogens is 312 g/mol. The van der Waals surface area contributed by atoms with Crippen molar-refractivity contribution in [3.05, 3.63) is 59.7 Å². The van der Waals surface area contributed by atoms with Crippen LogP contribution in [0.2, 0.25) is 0 Å². The van der Waals surface area contributed by atoms with E-state index in [0.29, 0.717) is 6.54 Å². The molecule has 0 radical (unpaired) electrons. The summed E-state index contributed by atoms with van der Waals surface area (Å²) in [5.74, 6) is 1.55. The van der Waals surface area contributed by atoms with Crippen LogP contribution in [0.15, 0.2) is 48.5 Å². The molecule has 0 aromatic heterocycles. The zero-order valence-electron chi connectivity index (χ0n) is 13.7. The van der Waals surface area contributed by atoms with E-state index in [9.17, 15) is 0 Å². The van der Waals surface area contributed by atoms with Gasteiger partial charge in [-0.1, -0.05) is 42.5 Å². The molecule has 2 rings (SSSR count). The second kappa shape index (κ2) is 10.1. The Kier molecular flexibility index (Phi) is 8.48. The van der Waals surface area contributed by atoms with Crippen LogP contribution in [0.25, 0.3) is 0 Å². The van der Waals surface area contributed by atoms with Gasteiger partial charge in [-0.3, -0.25) is 4.90 Å². The zero-order chi connectivity index (χ0) is 15.8. The predicted octanol–water partition coefficient (Wildman–Crippen LogP) is 3.09. The third-order valence-corrected chi connectivity index (χ3v) is 3.57. The summed E-state index contributed by atoms with van der Waals surface area (Å²) in [5, 5.41) is 0. The Hall–Kier alpha value is -1.75. The maximum Gasteiger partial charge on any atom is 0.165 e. The van der Waals surface area contributed by atoms with Gasteiger partial charge in [0.25, 0.3) is 0 Å². The van der Waals surface area contributed by atoms with Crippen molar-refractivity contribution >= 4 is 12.4 Å². The van der Waals surface area contributed by atoms with Crippen molar-refractivity contribution < 1.29 is 9.47 Å². The van der Waals surface area contributed by atoms with Gasteiger partial charge in [-0.05, 0) is 11.6 Å². The highest BCUT2D eigenvalue weighted by atomic mass is 35.5. The summed E-state index contributed by atoms with van der Waals surface area (Å²) in [7, 11) is 3.33. The Balaban J connectivity index is 0.00000264. The highest BCUT2D eigenvalue weighted by molar-refractivity contribution is 5.85. The molecule has 4 nitrogen and oxygen atoms in total. The summed E-state index contributed by atoms with van der Waals surface area (Å²) < 4.78 is 10.9. The van der Waals surface area contributed by atoms with Crippen LogP contribution in [0.1, 0.15) is 11.1 Å². The van der Waals surface area contributed by atoms with Crippen molar-refractivity contribution in [1.29, 1.82) is 0 Å². The summed E-state index contributed by atoms with van der Waals surface area (Å²) in [5.41, 5.74) is 8.14. The summed E-state index contributed by atoms with van der Waals surface area (Å²) in [6.07, 6.45) is 0. The highest BCUT2D eigenvalue weighted by Gasteiger charge is 2.13. The summed E-state index contributed by atoms with van der Waals surface area (Å²) in [6, 6.07) is 16.4. The van der Waals surface area contributed by atoms with Crippen molar-refractivity contribution in [2.45, 2.75) is 13.1 Å². The SMILES string of the molecule is COc1cccc(CN(CCN)Cc2ccccc2)c1OC.Cl. The van der Waals surface area contributed by atoms with E-state index in [1.165, 1.54) is 5.56 Å². The molecule has 0 fully saturated rings. The fraction of sp³-hybridized carbons (Fsp3) is 0.333. The molecule has 0 unspecified atom stereocenters. The minimum absolute atomic E-state index is 0. The van der Waals surface area contributed by atoms with Crippen molar-refractivity contribution in [3.63, 3.8) is 0 Å². The molecule has 23 heavy (non-hydrogen) atoms. The molecule has 2 aromatic carbocycles. The second-order valence-corrected chi connectivity index (χ2v) is 5.14. The Bertz CT molecular complexity index is 578. The molecule has 0 spiro atoms. The van der Waals surface area contributed by atoms with Crippen LogP contribution < -0.4 is 15.2 Å². The van der Waals surface area contributed by atoms with E-state index in [0.717, 1.165) is 36.7 Å². The molecular formula is C18H25ClN2O2. The predicted molar refractivity (Wildman–Crippen MR) is 96.4 cm³/mol. The first-order valence-corrected chi connectivity index (χ1v) is 7.44. The smallest absolute Gasteiger partial charge is 0.165 e. The average Bonchev–Trinajstić information content (AvgIpc) is 2.55. The average molecular weight is 337 g/mol. The van der Waals surface area contributed by atoms with Gasteiger partial charge in [0.1, 0.15) is 0 Å². The maximum atomic E-state index is 5.77. The van der Waals surface area contributed by atoms with Gasteiger partial charge < -0.3 is 15.2 Å². The van der Waals surface area contributed by atoms with Crippen molar-refractivity contribution in [2.75, 3.05) is 27.3 Å². The molecule has 0 saturated carbocycles. The molecule has 126 valence electrons. The molecule has 5 heteroatoms. The fourth-order valence-corrected chi connectivity index (χ4v) is 2.56. The number of rotatable bonds is 8. The van der Waals surface area contributed by atoms with Crippen LogP contribution in [0.5, 0.6) is 11.5 Å². The molecule has 2 aromatic rings. The lowest BCUT2D eigenvalue weighted by Gasteiger charge is -2.23. The van der Waals surface area contributed by atoms with E-state index in [-0.39, 0.29) is 12.4 Å². The van der Waals surface area contributed by atoms with Crippen LogP contribution in [0.4, 0.5) is 0 Å². The zero-order valence-corrected chi connectivity index (χ0v) is 14.5. The number of nitrogens with two attached hydrogens (primary N) is 1. The first kappa shape index (κ1) is 19.3. The van der Waals surface area contributed by atoms with Gasteiger partial charge in [-0.25, -0.2) is 0 Å². The minimum atomic E-state index is 0. The Labute approximate surface area is 144 Å². The molecule has 0 atom stereocenters. The van der Waals surface area contributed by atoms with Crippen LogP contribution in [0, 0.1) is 0 Å². The first-order chi connectivity index (χ1) is 10.8. The third kappa shape index (κ3) is 5.43. The van der Waals surface area contributed by atoms with Gasteiger partial charge in [-0.2, -0.15) is 0 Å². The van der Waals surface area contributed by atoms with Gasteiger partial charge in [0.15, 0.2) is 11.5 Å². The number of nitrogens with zero attached hydrogens (tertiary/aromatic N) is 1. The van der Waals surface area contributed by atoms with Crippen LogP contribution in [0.3, 0.4) is 0 Å². The maximum absolute atomic E-state index is 5.77. The lowest BCUT2D eigenvalue weighted by molar-refractivity contribution is 0.257. The number of hydrogen-bond donors (Lipinski definition) is 1. The normalized spacial score (nSPS) is 10.3. The minimum Gasteiger partial charge on any atom is -0.493 e. The fourth-order valence-electron chi connectivity index (χ4n) is 2.56. The van der Waals surface area contributed by atoms with Gasteiger partial charge in [0.05, 0.1) is 14.2 Å².